The predicted molar refractivity (Wildman–Crippen MR) is 75.0 cm³/mol. The number of halogens is 2. The number of nitro groups is 1. The van der Waals surface area contributed by atoms with E-state index in [1.54, 1.807) is 0 Å². The van der Waals surface area contributed by atoms with E-state index in [0.717, 1.165) is 12.1 Å². The third-order valence-corrected chi connectivity index (χ3v) is 7.17. The number of aliphatic hydroxyl groups is 1. The number of sulfone groups is 1. The van der Waals surface area contributed by atoms with Gasteiger partial charge in [0, 0.05) is 12.1 Å². The maximum absolute atomic E-state index is 11.8. The highest BCUT2D eigenvalue weighted by Gasteiger charge is 2.45. The van der Waals surface area contributed by atoms with Crippen molar-refractivity contribution in [3.05, 3.63) is 39.9 Å². The van der Waals surface area contributed by atoms with Crippen LogP contribution >= 0.6 is 27.5 Å². The van der Waals surface area contributed by atoms with Gasteiger partial charge in [-0.1, -0.05) is 18.5 Å². The SMILES string of the molecule is CCS(=O)(=O)[C@@](Cl)(Br)[C@H](O)c1ccc([N+](=O)[O-])cc1. The normalized spacial score (nSPS) is 16.6. The minimum absolute atomic E-state index is 0.162. The van der Waals surface area contributed by atoms with E-state index in [9.17, 15) is 23.6 Å². The van der Waals surface area contributed by atoms with Gasteiger partial charge in [-0.3, -0.25) is 10.1 Å². The summed E-state index contributed by atoms with van der Waals surface area (Å²) < 4.78 is 21.5. The van der Waals surface area contributed by atoms with Crippen LogP contribution < -0.4 is 0 Å². The van der Waals surface area contributed by atoms with Crippen molar-refractivity contribution in [1.29, 1.82) is 0 Å². The molecule has 0 aliphatic rings. The quantitative estimate of drug-likeness (QED) is 0.486. The molecule has 6 nitrogen and oxygen atoms in total. The lowest BCUT2D eigenvalue weighted by Gasteiger charge is -2.25. The Morgan fingerprint density at radius 2 is 1.95 bits per heavy atom. The third kappa shape index (κ3) is 3.25. The first kappa shape index (κ1) is 16.4. The van der Waals surface area contributed by atoms with Crippen LogP contribution in [0.3, 0.4) is 0 Å². The van der Waals surface area contributed by atoms with Gasteiger partial charge in [0.25, 0.3) is 5.69 Å². The molecule has 106 valence electrons. The number of hydrogen-bond acceptors (Lipinski definition) is 5. The van der Waals surface area contributed by atoms with Gasteiger partial charge in [0.2, 0.25) is 3.12 Å². The van der Waals surface area contributed by atoms with Gasteiger partial charge in [0.15, 0.2) is 9.84 Å². The summed E-state index contributed by atoms with van der Waals surface area (Å²) in [6.45, 7) is 1.40. The zero-order valence-corrected chi connectivity index (χ0v) is 12.9. The van der Waals surface area contributed by atoms with Crippen LogP contribution in [-0.4, -0.2) is 27.3 Å². The molecule has 0 bridgehead atoms. The van der Waals surface area contributed by atoms with E-state index >= 15 is 0 Å². The van der Waals surface area contributed by atoms with Crippen molar-refractivity contribution >= 4 is 43.1 Å². The van der Waals surface area contributed by atoms with E-state index in [2.05, 4.69) is 15.9 Å². The van der Waals surface area contributed by atoms with Gasteiger partial charge < -0.3 is 5.11 Å². The summed E-state index contributed by atoms with van der Waals surface area (Å²) in [5.74, 6) is -0.258. The second-order valence-corrected chi connectivity index (χ2v) is 9.22. The molecule has 1 N–H and O–H groups in total. The Bertz CT molecular complexity index is 572. The summed E-state index contributed by atoms with van der Waals surface area (Å²) in [6.07, 6.45) is -1.56. The van der Waals surface area contributed by atoms with Crippen molar-refractivity contribution in [3.8, 4) is 0 Å². The minimum atomic E-state index is -3.77. The predicted octanol–water partition coefficient (Wildman–Crippen LogP) is 2.35. The van der Waals surface area contributed by atoms with Crippen molar-refractivity contribution in [1.82, 2.24) is 0 Å². The number of rotatable bonds is 5. The molecule has 1 aromatic carbocycles. The molecular weight excluding hydrogens is 362 g/mol. The first-order valence-electron chi connectivity index (χ1n) is 5.16. The smallest absolute Gasteiger partial charge is 0.269 e. The number of nitro benzene ring substituents is 1. The molecule has 2 atom stereocenters. The number of aliphatic hydroxyl groups excluding tert-OH is 1. The highest BCUT2D eigenvalue weighted by Crippen LogP contribution is 2.43. The minimum Gasteiger partial charge on any atom is -0.385 e. The fourth-order valence-corrected chi connectivity index (χ4v) is 3.60. The van der Waals surface area contributed by atoms with E-state index in [-0.39, 0.29) is 17.0 Å². The molecule has 9 heteroatoms. The Labute approximate surface area is 123 Å². The number of benzene rings is 1. The van der Waals surface area contributed by atoms with Crippen molar-refractivity contribution in [2.75, 3.05) is 5.75 Å². The van der Waals surface area contributed by atoms with Gasteiger partial charge in [-0.15, -0.1) is 0 Å². The van der Waals surface area contributed by atoms with Crippen molar-refractivity contribution in [2.24, 2.45) is 0 Å². The molecule has 0 unspecified atom stereocenters. The van der Waals surface area contributed by atoms with Gasteiger partial charge in [0.1, 0.15) is 6.10 Å². The lowest BCUT2D eigenvalue weighted by atomic mass is 10.1. The molecule has 0 spiro atoms. The largest absolute Gasteiger partial charge is 0.385 e. The summed E-state index contributed by atoms with van der Waals surface area (Å²) in [4.78, 5) is 9.90. The maximum Gasteiger partial charge on any atom is 0.269 e. The maximum atomic E-state index is 11.8. The Kier molecular flexibility index (Phi) is 4.94. The van der Waals surface area contributed by atoms with Crippen LogP contribution in [0.1, 0.15) is 18.6 Å². The molecule has 0 aliphatic heterocycles. The lowest BCUT2D eigenvalue weighted by Crippen LogP contribution is -2.34. The summed E-state index contributed by atoms with van der Waals surface area (Å²) in [7, 11) is -3.77. The molecule has 0 aliphatic carbocycles. The molecule has 0 saturated carbocycles. The standard InChI is InChI=1S/C10H11BrClNO5S/c1-2-19(17,18)10(11,12)9(14)7-3-5-8(6-4-7)13(15)16/h3-6,9,14H,2H2,1H3/t9-,10-/m1/s1. The van der Waals surface area contributed by atoms with Gasteiger partial charge >= 0.3 is 0 Å². The molecule has 0 aromatic heterocycles. The van der Waals surface area contributed by atoms with E-state index in [0.29, 0.717) is 0 Å². The van der Waals surface area contributed by atoms with Crippen LogP contribution in [0, 0.1) is 10.1 Å². The Morgan fingerprint density at radius 3 is 2.32 bits per heavy atom. The van der Waals surface area contributed by atoms with Crippen molar-refractivity contribution in [2.45, 2.75) is 16.1 Å². The van der Waals surface area contributed by atoms with Crippen LogP contribution in [0.4, 0.5) is 5.69 Å². The van der Waals surface area contributed by atoms with Gasteiger partial charge in [-0.05, 0) is 33.6 Å². The molecule has 19 heavy (non-hydrogen) atoms. The van der Waals surface area contributed by atoms with Gasteiger partial charge in [-0.25, -0.2) is 8.42 Å². The highest BCUT2D eigenvalue weighted by atomic mass is 79.9. The average molecular weight is 373 g/mol. The molecule has 1 rings (SSSR count). The number of non-ortho nitro benzene ring substituents is 1. The molecule has 0 heterocycles. The van der Waals surface area contributed by atoms with Crippen molar-refractivity contribution in [3.63, 3.8) is 0 Å². The van der Waals surface area contributed by atoms with E-state index in [1.807, 2.05) is 0 Å². The van der Waals surface area contributed by atoms with Crippen LogP contribution in [0.25, 0.3) is 0 Å². The van der Waals surface area contributed by atoms with E-state index in [4.69, 9.17) is 11.6 Å². The van der Waals surface area contributed by atoms with Crippen LogP contribution in [-0.2, 0) is 9.84 Å². The summed E-state index contributed by atoms with van der Waals surface area (Å²) in [5.41, 5.74) is -0.00135. The number of hydrogen-bond donors (Lipinski definition) is 1. The van der Waals surface area contributed by atoms with Crippen LogP contribution in [0.15, 0.2) is 24.3 Å². The first-order chi connectivity index (χ1) is 8.63. The van der Waals surface area contributed by atoms with Crippen LogP contribution in [0.5, 0.6) is 0 Å². The molecule has 0 radical (unpaired) electrons. The number of alkyl halides is 2. The molecule has 0 amide bonds. The third-order valence-electron chi connectivity index (χ3n) is 2.53. The summed E-state index contributed by atoms with van der Waals surface area (Å²) >= 11 is 8.67. The average Bonchev–Trinajstić information content (AvgIpc) is 2.37. The van der Waals surface area contributed by atoms with E-state index < -0.39 is 24.0 Å². The monoisotopic (exact) mass is 371 g/mol. The van der Waals surface area contributed by atoms with Gasteiger partial charge in [-0.2, -0.15) is 0 Å². The highest BCUT2D eigenvalue weighted by molar-refractivity contribution is 9.12. The van der Waals surface area contributed by atoms with Gasteiger partial charge in [0.05, 0.1) is 10.7 Å². The fourth-order valence-electron chi connectivity index (χ4n) is 1.33. The Balaban J connectivity index is 3.13. The molecule has 0 fully saturated rings. The second kappa shape index (κ2) is 5.74. The first-order valence-corrected chi connectivity index (χ1v) is 7.98. The summed E-state index contributed by atoms with van der Waals surface area (Å²) in [5, 5.41) is 20.5. The van der Waals surface area contributed by atoms with E-state index in [1.165, 1.54) is 19.1 Å². The topological polar surface area (TPSA) is 97.5 Å². The lowest BCUT2D eigenvalue weighted by molar-refractivity contribution is -0.384. The molecule has 0 saturated heterocycles. The fraction of sp³-hybridized carbons (Fsp3) is 0.400. The zero-order valence-electron chi connectivity index (χ0n) is 9.79. The molecular formula is C10H11BrClNO5S. The molecule has 1 aromatic rings. The zero-order chi connectivity index (χ0) is 14.8. The Hall–Kier alpha value is -0.700. The van der Waals surface area contributed by atoms with Crippen molar-refractivity contribution < 1.29 is 18.4 Å². The number of nitrogens with zero attached hydrogens (tertiary/aromatic N) is 1. The second-order valence-electron chi connectivity index (χ2n) is 3.72. The van der Waals surface area contributed by atoms with Crippen LogP contribution in [0.2, 0.25) is 0 Å². The summed E-state index contributed by atoms with van der Waals surface area (Å²) in [6, 6.07) is 4.84. The Morgan fingerprint density at radius 1 is 1.47 bits per heavy atom.